The highest BCUT2D eigenvalue weighted by atomic mass is 16.4. The van der Waals surface area contributed by atoms with Gasteiger partial charge < -0.3 is 10.2 Å². The van der Waals surface area contributed by atoms with Crippen LogP contribution in [0.1, 0.15) is 22.8 Å². The van der Waals surface area contributed by atoms with E-state index >= 15 is 0 Å². The predicted octanol–water partition coefficient (Wildman–Crippen LogP) is 2.23. The van der Waals surface area contributed by atoms with Crippen LogP contribution in [0.15, 0.2) is 34.9 Å². The summed E-state index contributed by atoms with van der Waals surface area (Å²) >= 11 is 0. The SMILES string of the molecule is Cc1cccc(CCc2cnc(CN)o2)c1. The number of oxazole rings is 1. The van der Waals surface area contributed by atoms with Gasteiger partial charge in [-0.2, -0.15) is 0 Å². The van der Waals surface area contributed by atoms with Gasteiger partial charge in [-0.05, 0) is 18.9 Å². The van der Waals surface area contributed by atoms with Crippen molar-refractivity contribution in [3.63, 3.8) is 0 Å². The third-order valence-corrected chi connectivity index (χ3v) is 2.52. The Morgan fingerprint density at radius 3 is 2.88 bits per heavy atom. The number of benzene rings is 1. The van der Waals surface area contributed by atoms with Crippen LogP contribution < -0.4 is 5.73 Å². The fraction of sp³-hybridized carbons (Fsp3) is 0.308. The van der Waals surface area contributed by atoms with Gasteiger partial charge in [0.05, 0.1) is 12.7 Å². The van der Waals surface area contributed by atoms with Crippen LogP contribution in [0.3, 0.4) is 0 Å². The van der Waals surface area contributed by atoms with Crippen LogP contribution in [0.5, 0.6) is 0 Å². The van der Waals surface area contributed by atoms with E-state index in [1.54, 1.807) is 6.20 Å². The monoisotopic (exact) mass is 216 g/mol. The van der Waals surface area contributed by atoms with E-state index in [-0.39, 0.29) is 0 Å². The van der Waals surface area contributed by atoms with E-state index in [4.69, 9.17) is 10.2 Å². The minimum Gasteiger partial charge on any atom is -0.444 e. The summed E-state index contributed by atoms with van der Waals surface area (Å²) in [7, 11) is 0. The summed E-state index contributed by atoms with van der Waals surface area (Å²) in [5.74, 6) is 1.51. The van der Waals surface area contributed by atoms with Gasteiger partial charge in [0.25, 0.3) is 0 Å². The van der Waals surface area contributed by atoms with Gasteiger partial charge in [-0.25, -0.2) is 4.98 Å². The molecular formula is C13H16N2O. The van der Waals surface area contributed by atoms with Gasteiger partial charge in [0.2, 0.25) is 5.89 Å². The highest BCUT2D eigenvalue weighted by Crippen LogP contribution is 2.10. The molecule has 0 aliphatic rings. The number of hydrogen-bond acceptors (Lipinski definition) is 3. The van der Waals surface area contributed by atoms with Crippen LogP contribution in [0.2, 0.25) is 0 Å². The number of rotatable bonds is 4. The fourth-order valence-corrected chi connectivity index (χ4v) is 1.69. The van der Waals surface area contributed by atoms with Gasteiger partial charge in [0.1, 0.15) is 5.76 Å². The summed E-state index contributed by atoms with van der Waals surface area (Å²) in [5.41, 5.74) is 8.05. The summed E-state index contributed by atoms with van der Waals surface area (Å²) < 4.78 is 5.45. The van der Waals surface area contributed by atoms with E-state index in [1.807, 2.05) is 0 Å². The Morgan fingerprint density at radius 1 is 1.31 bits per heavy atom. The number of nitrogens with two attached hydrogens (primary N) is 1. The van der Waals surface area contributed by atoms with Crippen molar-refractivity contribution in [1.82, 2.24) is 4.98 Å². The first-order valence-electron chi connectivity index (χ1n) is 5.47. The van der Waals surface area contributed by atoms with Crippen LogP contribution in [0.4, 0.5) is 0 Å². The Labute approximate surface area is 95.3 Å². The van der Waals surface area contributed by atoms with Gasteiger partial charge >= 0.3 is 0 Å². The molecule has 0 aliphatic heterocycles. The first-order valence-corrected chi connectivity index (χ1v) is 5.47. The lowest BCUT2D eigenvalue weighted by Gasteiger charge is -2.00. The summed E-state index contributed by atoms with van der Waals surface area (Å²) in [5, 5.41) is 0. The maximum absolute atomic E-state index is 5.45. The molecule has 16 heavy (non-hydrogen) atoms. The summed E-state index contributed by atoms with van der Waals surface area (Å²) in [4.78, 5) is 4.07. The molecule has 1 heterocycles. The van der Waals surface area contributed by atoms with Crippen LogP contribution in [-0.2, 0) is 19.4 Å². The Morgan fingerprint density at radius 2 is 2.19 bits per heavy atom. The molecule has 3 nitrogen and oxygen atoms in total. The molecule has 2 rings (SSSR count). The maximum atomic E-state index is 5.45. The molecule has 0 saturated heterocycles. The Kier molecular flexibility index (Phi) is 3.37. The van der Waals surface area contributed by atoms with Crippen LogP contribution in [-0.4, -0.2) is 4.98 Å². The molecule has 0 aliphatic carbocycles. The van der Waals surface area contributed by atoms with Crippen molar-refractivity contribution in [3.8, 4) is 0 Å². The minimum atomic E-state index is 0.366. The fourth-order valence-electron chi connectivity index (χ4n) is 1.69. The summed E-state index contributed by atoms with van der Waals surface area (Å²) in [6.07, 6.45) is 3.61. The zero-order valence-corrected chi connectivity index (χ0v) is 9.44. The van der Waals surface area contributed by atoms with E-state index in [0.717, 1.165) is 18.6 Å². The molecule has 84 valence electrons. The van der Waals surface area contributed by atoms with E-state index in [2.05, 4.69) is 36.2 Å². The largest absolute Gasteiger partial charge is 0.444 e. The minimum absolute atomic E-state index is 0.366. The second-order valence-electron chi connectivity index (χ2n) is 3.91. The standard InChI is InChI=1S/C13H16N2O/c1-10-3-2-4-11(7-10)5-6-12-9-15-13(8-14)16-12/h2-4,7,9H,5-6,8,14H2,1H3. The zero-order chi connectivity index (χ0) is 11.4. The highest BCUT2D eigenvalue weighted by molar-refractivity contribution is 5.22. The van der Waals surface area contributed by atoms with E-state index in [1.165, 1.54) is 11.1 Å². The highest BCUT2D eigenvalue weighted by Gasteiger charge is 2.02. The predicted molar refractivity (Wildman–Crippen MR) is 63.0 cm³/mol. The number of hydrogen-bond donors (Lipinski definition) is 1. The van der Waals surface area contributed by atoms with E-state index in [9.17, 15) is 0 Å². The quantitative estimate of drug-likeness (QED) is 0.852. The summed E-state index contributed by atoms with van der Waals surface area (Å²) in [6.45, 7) is 2.47. The smallest absolute Gasteiger partial charge is 0.208 e. The van der Waals surface area contributed by atoms with Gasteiger partial charge in [0.15, 0.2) is 0 Å². The molecule has 0 atom stereocenters. The molecule has 0 radical (unpaired) electrons. The summed E-state index contributed by atoms with van der Waals surface area (Å²) in [6, 6.07) is 8.51. The van der Waals surface area contributed by atoms with Gasteiger partial charge in [-0.3, -0.25) is 0 Å². The van der Waals surface area contributed by atoms with E-state index < -0.39 is 0 Å². The number of aryl methyl sites for hydroxylation is 3. The van der Waals surface area contributed by atoms with Crippen LogP contribution in [0.25, 0.3) is 0 Å². The molecule has 2 aromatic rings. The van der Waals surface area contributed by atoms with Gasteiger partial charge in [-0.1, -0.05) is 29.8 Å². The second-order valence-corrected chi connectivity index (χ2v) is 3.91. The lowest BCUT2D eigenvalue weighted by atomic mass is 10.1. The Hall–Kier alpha value is -1.61. The maximum Gasteiger partial charge on any atom is 0.208 e. The third-order valence-electron chi connectivity index (χ3n) is 2.52. The lowest BCUT2D eigenvalue weighted by Crippen LogP contribution is -1.95. The molecule has 0 unspecified atom stereocenters. The van der Waals surface area contributed by atoms with Gasteiger partial charge in [-0.15, -0.1) is 0 Å². The van der Waals surface area contributed by atoms with Crippen molar-refractivity contribution < 1.29 is 4.42 Å². The van der Waals surface area contributed by atoms with Crippen molar-refractivity contribution in [1.29, 1.82) is 0 Å². The normalized spacial score (nSPS) is 10.6. The third kappa shape index (κ3) is 2.70. The molecule has 2 N–H and O–H groups in total. The van der Waals surface area contributed by atoms with Crippen LogP contribution in [0, 0.1) is 6.92 Å². The van der Waals surface area contributed by atoms with Crippen molar-refractivity contribution >= 4 is 0 Å². The molecule has 0 fully saturated rings. The number of aromatic nitrogens is 1. The first kappa shape index (κ1) is 10.9. The lowest BCUT2D eigenvalue weighted by molar-refractivity contribution is 0.456. The van der Waals surface area contributed by atoms with E-state index in [0.29, 0.717) is 12.4 Å². The molecule has 1 aromatic heterocycles. The Balaban J connectivity index is 1.96. The van der Waals surface area contributed by atoms with Crippen molar-refractivity contribution in [3.05, 3.63) is 53.2 Å². The second kappa shape index (κ2) is 4.94. The van der Waals surface area contributed by atoms with Crippen molar-refractivity contribution in [2.45, 2.75) is 26.3 Å². The van der Waals surface area contributed by atoms with Crippen molar-refractivity contribution in [2.24, 2.45) is 5.73 Å². The topological polar surface area (TPSA) is 52.0 Å². The molecule has 0 bridgehead atoms. The number of nitrogens with zero attached hydrogens (tertiary/aromatic N) is 1. The molecule has 0 amide bonds. The molecule has 0 spiro atoms. The molecular weight excluding hydrogens is 200 g/mol. The first-order chi connectivity index (χ1) is 7.78. The average molecular weight is 216 g/mol. The van der Waals surface area contributed by atoms with Crippen molar-refractivity contribution in [2.75, 3.05) is 0 Å². The van der Waals surface area contributed by atoms with Crippen LogP contribution >= 0.6 is 0 Å². The zero-order valence-electron chi connectivity index (χ0n) is 9.44. The Bertz CT molecular complexity index is 462. The molecule has 0 saturated carbocycles. The molecule has 3 heteroatoms. The van der Waals surface area contributed by atoms with Gasteiger partial charge in [0, 0.05) is 6.42 Å². The molecule has 1 aromatic carbocycles. The average Bonchev–Trinajstić information content (AvgIpc) is 2.74.